The molecule has 2 aromatic rings. The van der Waals surface area contributed by atoms with Crippen molar-refractivity contribution in [3.8, 4) is 11.5 Å². The van der Waals surface area contributed by atoms with Gasteiger partial charge in [-0.15, -0.1) is 11.8 Å². The first-order valence-corrected chi connectivity index (χ1v) is 15.1. The summed E-state index contributed by atoms with van der Waals surface area (Å²) in [6.45, 7) is 5.94. The van der Waals surface area contributed by atoms with E-state index in [1.54, 1.807) is 6.07 Å². The molecule has 1 amide bonds. The van der Waals surface area contributed by atoms with E-state index in [0.29, 0.717) is 33.4 Å². The molecule has 0 spiro atoms. The number of benzene rings is 2. The first-order valence-electron chi connectivity index (χ1n) is 13.3. The largest absolute Gasteiger partial charge is 0.504 e. The standard InChI is InChI=1S/C29H39Cl2NO5S/c1-4-7-9-11-19-15-20(12-10-8-5-2)29(22(30)16-19)37-18-25(33)32-23-17-24(38-14-13-26(34)35)21(6-3)27(31)28(23)36/h15-17,36H,4-14,18H2,1-3H3,(H,32,33)(H,34,35). The van der Waals surface area contributed by atoms with Gasteiger partial charge in [-0.05, 0) is 60.9 Å². The number of unbranched alkanes of at least 4 members (excludes halogenated alkanes) is 4. The van der Waals surface area contributed by atoms with Crippen LogP contribution >= 0.6 is 35.0 Å². The van der Waals surface area contributed by atoms with Crippen LogP contribution in [0.3, 0.4) is 0 Å². The number of halogens is 2. The lowest BCUT2D eigenvalue weighted by molar-refractivity contribution is -0.136. The SMILES string of the molecule is CCCCCc1cc(Cl)c(OCC(=O)Nc2cc(SCCC(=O)O)c(CC)c(Cl)c2O)c(CCCCC)c1. The molecule has 0 heterocycles. The first-order chi connectivity index (χ1) is 18.2. The van der Waals surface area contributed by atoms with E-state index < -0.39 is 11.9 Å². The number of hydrogen-bond donors (Lipinski definition) is 3. The number of anilines is 1. The van der Waals surface area contributed by atoms with Gasteiger partial charge in [0.05, 0.1) is 22.2 Å². The van der Waals surface area contributed by atoms with Crippen LogP contribution in [-0.4, -0.2) is 34.4 Å². The van der Waals surface area contributed by atoms with Gasteiger partial charge in [0.15, 0.2) is 12.4 Å². The van der Waals surface area contributed by atoms with Crippen LogP contribution in [0, 0.1) is 0 Å². The molecule has 0 saturated carbocycles. The van der Waals surface area contributed by atoms with Crippen molar-refractivity contribution in [3.63, 3.8) is 0 Å². The number of carbonyl (C=O) groups excluding carboxylic acids is 1. The molecule has 3 N–H and O–H groups in total. The zero-order chi connectivity index (χ0) is 28.1. The number of nitrogens with one attached hydrogen (secondary N) is 1. The number of carboxylic acid groups (broad SMARTS) is 1. The highest BCUT2D eigenvalue weighted by Gasteiger charge is 2.19. The van der Waals surface area contributed by atoms with Crippen LogP contribution in [0.5, 0.6) is 11.5 Å². The number of thioether (sulfide) groups is 1. The Bertz CT molecular complexity index is 1090. The van der Waals surface area contributed by atoms with E-state index in [9.17, 15) is 14.7 Å². The van der Waals surface area contributed by atoms with Crippen LogP contribution in [0.15, 0.2) is 23.1 Å². The van der Waals surface area contributed by atoms with Crippen LogP contribution in [0.1, 0.15) is 82.4 Å². The maximum Gasteiger partial charge on any atom is 0.304 e. The number of phenolic OH excluding ortho intramolecular Hbond substituents is 1. The summed E-state index contributed by atoms with van der Waals surface area (Å²) in [4.78, 5) is 24.4. The second-order valence-electron chi connectivity index (χ2n) is 9.23. The average molecular weight is 585 g/mol. The summed E-state index contributed by atoms with van der Waals surface area (Å²) in [6.07, 6.45) is 8.92. The number of ether oxygens (including phenoxy) is 1. The molecule has 0 fully saturated rings. The third kappa shape index (κ3) is 9.90. The Morgan fingerprint density at radius 1 is 1.00 bits per heavy atom. The molecule has 38 heavy (non-hydrogen) atoms. The molecule has 210 valence electrons. The van der Waals surface area contributed by atoms with Crippen LogP contribution in [0.2, 0.25) is 10.0 Å². The minimum absolute atomic E-state index is 0.0133. The molecule has 0 radical (unpaired) electrons. The fourth-order valence-electron chi connectivity index (χ4n) is 4.13. The van der Waals surface area contributed by atoms with Crippen LogP contribution < -0.4 is 10.1 Å². The number of hydrogen-bond acceptors (Lipinski definition) is 5. The van der Waals surface area contributed by atoms with Gasteiger partial charge < -0.3 is 20.3 Å². The molecule has 2 rings (SSSR count). The molecule has 9 heteroatoms. The summed E-state index contributed by atoms with van der Waals surface area (Å²) in [5.74, 6) is -0.731. The fourth-order valence-corrected chi connectivity index (χ4v) is 5.96. The zero-order valence-electron chi connectivity index (χ0n) is 22.5. The van der Waals surface area contributed by atoms with E-state index in [1.807, 2.05) is 13.0 Å². The molecule has 6 nitrogen and oxygen atoms in total. The van der Waals surface area contributed by atoms with Crippen molar-refractivity contribution in [2.45, 2.75) is 89.9 Å². The molecule has 0 unspecified atom stereocenters. The highest BCUT2D eigenvalue weighted by atomic mass is 35.5. The van der Waals surface area contributed by atoms with E-state index in [1.165, 1.54) is 17.3 Å². The van der Waals surface area contributed by atoms with Crippen molar-refractivity contribution in [1.29, 1.82) is 0 Å². The highest BCUT2D eigenvalue weighted by Crippen LogP contribution is 2.41. The van der Waals surface area contributed by atoms with Gasteiger partial charge in [0.25, 0.3) is 5.91 Å². The fraction of sp³-hybridized carbons (Fsp3) is 0.517. The normalized spacial score (nSPS) is 11.0. The summed E-state index contributed by atoms with van der Waals surface area (Å²) >= 11 is 14.3. The van der Waals surface area contributed by atoms with Crippen molar-refractivity contribution in [3.05, 3.63) is 44.9 Å². The van der Waals surface area contributed by atoms with Gasteiger partial charge in [-0.3, -0.25) is 9.59 Å². The summed E-state index contributed by atoms with van der Waals surface area (Å²) < 4.78 is 5.92. The number of phenols is 1. The molecule has 0 saturated heterocycles. The number of aryl methyl sites for hydroxylation is 2. The molecule has 0 atom stereocenters. The Balaban J connectivity index is 2.18. The summed E-state index contributed by atoms with van der Waals surface area (Å²) in [5, 5.41) is 22.9. The van der Waals surface area contributed by atoms with Crippen molar-refractivity contribution in [2.75, 3.05) is 17.7 Å². The van der Waals surface area contributed by atoms with Crippen molar-refractivity contribution in [2.24, 2.45) is 0 Å². The van der Waals surface area contributed by atoms with Crippen LogP contribution in [0.25, 0.3) is 0 Å². The topological polar surface area (TPSA) is 95.9 Å². The second kappa shape index (κ2) is 16.8. The molecule has 0 aliphatic heterocycles. The lowest BCUT2D eigenvalue weighted by Gasteiger charge is -2.17. The van der Waals surface area contributed by atoms with Crippen molar-refractivity contribution >= 4 is 52.5 Å². The van der Waals surface area contributed by atoms with E-state index in [2.05, 4.69) is 25.2 Å². The summed E-state index contributed by atoms with van der Waals surface area (Å²) in [7, 11) is 0. The molecular weight excluding hydrogens is 545 g/mol. The number of carbonyl (C=O) groups is 2. The number of rotatable bonds is 17. The van der Waals surface area contributed by atoms with Gasteiger partial charge in [0.1, 0.15) is 5.75 Å². The smallest absolute Gasteiger partial charge is 0.304 e. The van der Waals surface area contributed by atoms with Crippen molar-refractivity contribution < 1.29 is 24.5 Å². The van der Waals surface area contributed by atoms with E-state index in [-0.39, 0.29) is 29.5 Å². The van der Waals surface area contributed by atoms with Gasteiger partial charge in [0, 0.05) is 10.6 Å². The van der Waals surface area contributed by atoms with Gasteiger partial charge in [0.2, 0.25) is 0 Å². The molecule has 0 aromatic heterocycles. The summed E-state index contributed by atoms with van der Waals surface area (Å²) in [6, 6.07) is 5.68. The predicted molar refractivity (Wildman–Crippen MR) is 158 cm³/mol. The lowest BCUT2D eigenvalue weighted by Crippen LogP contribution is -2.21. The third-order valence-corrected chi connectivity index (χ3v) is 7.92. The monoisotopic (exact) mass is 583 g/mol. The number of carboxylic acids is 1. The predicted octanol–water partition coefficient (Wildman–Crippen LogP) is 8.31. The molecular formula is C29H39Cl2NO5S. The summed E-state index contributed by atoms with van der Waals surface area (Å²) in [5.41, 5.74) is 3.03. The van der Waals surface area contributed by atoms with Crippen LogP contribution in [-0.2, 0) is 28.9 Å². The maximum atomic E-state index is 12.8. The van der Waals surface area contributed by atoms with Crippen molar-refractivity contribution in [1.82, 2.24) is 0 Å². The molecule has 0 aliphatic carbocycles. The molecule has 0 bridgehead atoms. The third-order valence-electron chi connectivity index (χ3n) is 6.15. The quantitative estimate of drug-likeness (QED) is 0.0983. The van der Waals surface area contributed by atoms with Gasteiger partial charge >= 0.3 is 5.97 Å². The average Bonchev–Trinajstić information content (AvgIpc) is 2.87. The Hall–Kier alpha value is -2.09. The van der Waals surface area contributed by atoms with Crippen LogP contribution in [0.4, 0.5) is 5.69 Å². The van der Waals surface area contributed by atoms with Gasteiger partial charge in [-0.1, -0.05) is 75.7 Å². The Labute approximate surface area is 240 Å². The number of aliphatic carboxylic acids is 1. The Morgan fingerprint density at radius 3 is 2.32 bits per heavy atom. The van der Waals surface area contributed by atoms with Gasteiger partial charge in [-0.2, -0.15) is 0 Å². The molecule has 2 aromatic carbocycles. The Morgan fingerprint density at radius 2 is 1.68 bits per heavy atom. The minimum Gasteiger partial charge on any atom is -0.504 e. The Kier molecular flexibility index (Phi) is 14.2. The highest BCUT2D eigenvalue weighted by molar-refractivity contribution is 7.99. The first kappa shape index (κ1) is 32.1. The minimum atomic E-state index is -0.896. The van der Waals surface area contributed by atoms with Gasteiger partial charge in [-0.25, -0.2) is 0 Å². The lowest BCUT2D eigenvalue weighted by atomic mass is 10.00. The second-order valence-corrected chi connectivity index (χ2v) is 11.1. The molecule has 0 aliphatic rings. The number of aromatic hydroxyl groups is 1. The zero-order valence-corrected chi connectivity index (χ0v) is 24.8. The van der Waals surface area contributed by atoms with E-state index in [0.717, 1.165) is 56.9 Å². The van der Waals surface area contributed by atoms with E-state index >= 15 is 0 Å². The van der Waals surface area contributed by atoms with E-state index in [4.69, 9.17) is 33.0 Å². The maximum absolute atomic E-state index is 12.8. The number of amides is 1.